The zero-order chi connectivity index (χ0) is 19.1. The van der Waals surface area contributed by atoms with Crippen molar-refractivity contribution in [1.82, 2.24) is 4.72 Å². The molecule has 1 atom stereocenters. The molecule has 1 N–H and O–H groups in total. The highest BCUT2D eigenvalue weighted by Gasteiger charge is 2.36. The van der Waals surface area contributed by atoms with Gasteiger partial charge in [0.15, 0.2) is 0 Å². The van der Waals surface area contributed by atoms with Crippen molar-refractivity contribution < 1.29 is 22.3 Å². The second-order valence-corrected chi connectivity index (χ2v) is 8.77. The number of fused-ring (bicyclic) bond motifs is 1. The van der Waals surface area contributed by atoms with Gasteiger partial charge in [-0.3, -0.25) is 0 Å². The molecule has 0 aliphatic carbocycles. The number of methoxy groups -OCH3 is 1. The average Bonchev–Trinajstić information content (AvgIpc) is 2.55. The molecule has 26 heavy (non-hydrogen) atoms. The lowest BCUT2D eigenvalue weighted by Gasteiger charge is -2.37. The number of sulfonamides is 1. The van der Waals surface area contributed by atoms with Crippen molar-refractivity contribution in [3.63, 3.8) is 0 Å². The van der Waals surface area contributed by atoms with Crippen LogP contribution in [-0.2, 0) is 10.0 Å². The van der Waals surface area contributed by atoms with Gasteiger partial charge in [-0.1, -0.05) is 0 Å². The lowest BCUT2D eigenvalue weighted by molar-refractivity contribution is 0.0700. The number of nitrogens with one attached hydrogen (secondary N) is 1. The van der Waals surface area contributed by atoms with Gasteiger partial charge in [0.05, 0.1) is 18.0 Å². The van der Waals surface area contributed by atoms with E-state index >= 15 is 0 Å². The van der Waals surface area contributed by atoms with Gasteiger partial charge in [0, 0.05) is 12.0 Å². The maximum atomic E-state index is 13.5. The highest BCUT2D eigenvalue weighted by molar-refractivity contribution is 7.89. The van der Waals surface area contributed by atoms with Crippen molar-refractivity contribution >= 4 is 10.0 Å². The zero-order valence-corrected chi connectivity index (χ0v) is 16.0. The Morgan fingerprint density at radius 2 is 1.96 bits per heavy atom. The third-order valence-electron chi connectivity index (χ3n) is 4.41. The van der Waals surface area contributed by atoms with Crippen molar-refractivity contribution in [1.29, 1.82) is 0 Å². The average molecular weight is 379 g/mol. The first-order valence-corrected chi connectivity index (χ1v) is 9.75. The molecule has 0 spiro atoms. The van der Waals surface area contributed by atoms with Crippen LogP contribution in [0.3, 0.4) is 0 Å². The van der Waals surface area contributed by atoms with E-state index in [2.05, 4.69) is 4.72 Å². The molecule has 1 aliphatic heterocycles. The Bertz CT molecular complexity index is 941. The molecule has 0 saturated carbocycles. The molecule has 5 nitrogen and oxygen atoms in total. The molecule has 7 heteroatoms. The minimum absolute atomic E-state index is 0.0325. The summed E-state index contributed by atoms with van der Waals surface area (Å²) in [5, 5.41) is 0. The number of hydrogen-bond donors (Lipinski definition) is 1. The van der Waals surface area contributed by atoms with Gasteiger partial charge in [-0.25, -0.2) is 17.5 Å². The van der Waals surface area contributed by atoms with Gasteiger partial charge in [-0.15, -0.1) is 0 Å². The predicted molar refractivity (Wildman–Crippen MR) is 96.5 cm³/mol. The SMILES string of the molecule is COc1ccc2c(c1)[C@@H](NS(=O)(=O)c1ccc(F)c(C)c1)CC(C)(C)O2. The molecule has 2 aromatic rings. The topological polar surface area (TPSA) is 64.6 Å². The third-order valence-corrected chi connectivity index (χ3v) is 5.88. The first-order valence-electron chi connectivity index (χ1n) is 8.27. The Labute approximate surface area is 153 Å². The smallest absolute Gasteiger partial charge is 0.241 e. The fourth-order valence-electron chi connectivity index (χ4n) is 3.10. The van der Waals surface area contributed by atoms with Gasteiger partial charge < -0.3 is 9.47 Å². The fourth-order valence-corrected chi connectivity index (χ4v) is 4.40. The number of benzene rings is 2. The monoisotopic (exact) mass is 379 g/mol. The Morgan fingerprint density at radius 3 is 2.62 bits per heavy atom. The van der Waals surface area contributed by atoms with E-state index in [1.165, 1.54) is 19.1 Å². The second kappa shape index (κ2) is 6.55. The van der Waals surface area contributed by atoms with Crippen LogP contribution in [0.2, 0.25) is 0 Å². The minimum atomic E-state index is -3.82. The van der Waals surface area contributed by atoms with Crippen LogP contribution in [0.15, 0.2) is 41.3 Å². The Morgan fingerprint density at radius 1 is 1.23 bits per heavy atom. The van der Waals surface area contributed by atoms with Crippen LogP contribution in [0, 0.1) is 12.7 Å². The number of halogens is 1. The van der Waals surface area contributed by atoms with Crippen LogP contribution in [0.4, 0.5) is 4.39 Å². The maximum Gasteiger partial charge on any atom is 0.241 e. The first-order chi connectivity index (χ1) is 12.1. The summed E-state index contributed by atoms with van der Waals surface area (Å²) >= 11 is 0. The van der Waals surface area contributed by atoms with Crippen LogP contribution in [0.5, 0.6) is 11.5 Å². The number of aryl methyl sites for hydroxylation is 1. The normalized spacial score (nSPS) is 18.7. The van der Waals surface area contributed by atoms with Crippen LogP contribution >= 0.6 is 0 Å². The van der Waals surface area contributed by atoms with Gasteiger partial charge in [0.1, 0.15) is 22.9 Å². The molecule has 1 heterocycles. The van der Waals surface area contributed by atoms with E-state index in [4.69, 9.17) is 9.47 Å². The predicted octanol–water partition coefficient (Wildman–Crippen LogP) is 3.72. The lowest BCUT2D eigenvalue weighted by atomic mass is 9.90. The molecule has 0 aromatic heterocycles. The lowest BCUT2D eigenvalue weighted by Crippen LogP contribution is -2.41. The Balaban J connectivity index is 1.99. The standard InChI is InChI=1S/C19H22FNO4S/c1-12-9-14(6-7-16(12)20)26(22,23)21-17-11-19(2,3)25-18-8-5-13(24-4)10-15(17)18/h5-10,17,21H,11H2,1-4H3/t17-/m0/s1. The molecular weight excluding hydrogens is 357 g/mol. The van der Waals surface area contributed by atoms with E-state index in [1.807, 2.05) is 13.8 Å². The largest absolute Gasteiger partial charge is 0.497 e. The van der Waals surface area contributed by atoms with Gasteiger partial charge in [-0.2, -0.15) is 0 Å². The highest BCUT2D eigenvalue weighted by atomic mass is 32.2. The van der Waals surface area contributed by atoms with Crippen molar-refractivity contribution in [2.24, 2.45) is 0 Å². The summed E-state index contributed by atoms with van der Waals surface area (Å²) < 4.78 is 53.1. The Hall–Kier alpha value is -2.12. The highest BCUT2D eigenvalue weighted by Crippen LogP contribution is 2.41. The number of hydrogen-bond acceptors (Lipinski definition) is 4. The second-order valence-electron chi connectivity index (χ2n) is 7.05. The van der Waals surface area contributed by atoms with Gasteiger partial charge in [0.2, 0.25) is 10.0 Å². The van der Waals surface area contributed by atoms with E-state index in [0.717, 1.165) is 6.07 Å². The molecule has 2 aromatic carbocycles. The molecule has 0 saturated heterocycles. The quantitative estimate of drug-likeness (QED) is 0.879. The van der Waals surface area contributed by atoms with E-state index in [1.54, 1.807) is 25.3 Å². The summed E-state index contributed by atoms with van der Waals surface area (Å²) in [5.41, 5.74) is 0.460. The molecule has 1 aliphatic rings. The van der Waals surface area contributed by atoms with E-state index in [0.29, 0.717) is 23.5 Å². The van der Waals surface area contributed by atoms with Crippen LogP contribution < -0.4 is 14.2 Å². The Kier molecular flexibility index (Phi) is 4.71. The minimum Gasteiger partial charge on any atom is -0.497 e. The summed E-state index contributed by atoms with van der Waals surface area (Å²) in [5.74, 6) is 0.796. The molecule has 140 valence electrons. The summed E-state index contributed by atoms with van der Waals surface area (Å²) in [4.78, 5) is 0.0325. The summed E-state index contributed by atoms with van der Waals surface area (Å²) in [6.07, 6.45) is 0.451. The summed E-state index contributed by atoms with van der Waals surface area (Å²) in [6.45, 7) is 5.35. The van der Waals surface area contributed by atoms with Crippen molar-refractivity contribution in [2.75, 3.05) is 7.11 Å². The van der Waals surface area contributed by atoms with Gasteiger partial charge in [-0.05, 0) is 62.7 Å². The first kappa shape index (κ1) is 18.7. The van der Waals surface area contributed by atoms with Crippen LogP contribution in [-0.4, -0.2) is 21.1 Å². The van der Waals surface area contributed by atoms with E-state index in [-0.39, 0.29) is 10.5 Å². The maximum absolute atomic E-state index is 13.5. The molecular formula is C19H22FNO4S. The van der Waals surface area contributed by atoms with Crippen molar-refractivity contribution in [3.05, 3.63) is 53.3 Å². The van der Waals surface area contributed by atoms with Crippen molar-refractivity contribution in [3.8, 4) is 11.5 Å². The van der Waals surface area contributed by atoms with Crippen LogP contribution in [0.1, 0.15) is 37.4 Å². The number of ether oxygens (including phenoxy) is 2. The number of rotatable bonds is 4. The van der Waals surface area contributed by atoms with E-state index in [9.17, 15) is 12.8 Å². The van der Waals surface area contributed by atoms with E-state index < -0.39 is 27.5 Å². The summed E-state index contributed by atoms with van der Waals surface area (Å²) in [7, 11) is -2.27. The summed E-state index contributed by atoms with van der Waals surface area (Å²) in [6, 6.07) is 8.59. The van der Waals surface area contributed by atoms with Crippen molar-refractivity contribution in [2.45, 2.75) is 43.7 Å². The van der Waals surface area contributed by atoms with Crippen LogP contribution in [0.25, 0.3) is 0 Å². The molecule has 0 amide bonds. The molecule has 0 fully saturated rings. The molecule has 0 bridgehead atoms. The molecule has 0 unspecified atom stereocenters. The third kappa shape index (κ3) is 3.68. The molecule has 3 rings (SSSR count). The molecule has 0 radical (unpaired) electrons. The van der Waals surface area contributed by atoms with Gasteiger partial charge >= 0.3 is 0 Å². The zero-order valence-electron chi connectivity index (χ0n) is 15.2. The fraction of sp³-hybridized carbons (Fsp3) is 0.368. The van der Waals surface area contributed by atoms with Gasteiger partial charge in [0.25, 0.3) is 0 Å².